The van der Waals surface area contributed by atoms with Gasteiger partial charge in [0.1, 0.15) is 23.1 Å². The first kappa shape index (κ1) is 55.5. The number of nitriles is 1. The molecule has 10 unspecified atom stereocenters. The number of anilines is 3. The number of fused-ring (bicyclic) bond motifs is 2. The van der Waals surface area contributed by atoms with Crippen LogP contribution in [0.25, 0.3) is 25.6 Å². The molecular weight excluding hydrogens is 1080 g/mol. The summed E-state index contributed by atoms with van der Waals surface area (Å²) < 4.78 is 115. The first-order valence-electron chi connectivity index (χ1n) is 23.4. The Labute approximate surface area is 441 Å². The predicted molar refractivity (Wildman–Crippen MR) is 282 cm³/mol. The highest BCUT2D eigenvalue weighted by atomic mass is 32.2. The van der Waals surface area contributed by atoms with Crippen molar-refractivity contribution >= 4 is 114 Å². The number of thiazole rings is 2. The van der Waals surface area contributed by atoms with Crippen LogP contribution < -0.4 is 10.2 Å². The number of rotatable bonds is 14. The number of hydrogen-bond acceptors (Lipinski definition) is 21. The van der Waals surface area contributed by atoms with Crippen LogP contribution in [-0.4, -0.2) is 91.5 Å². The normalized spacial score (nSPS) is 25.2. The van der Waals surface area contributed by atoms with Gasteiger partial charge in [-0.3, -0.25) is 18.6 Å². The Morgan fingerprint density at radius 2 is 1.45 bits per heavy atom. The Bertz CT molecular complexity index is 3550. The van der Waals surface area contributed by atoms with Gasteiger partial charge in [0.05, 0.1) is 53.6 Å². The summed E-state index contributed by atoms with van der Waals surface area (Å²) in [6.07, 6.45) is 0.770. The molecule has 6 aromatic rings. The lowest BCUT2D eigenvalue weighted by Crippen LogP contribution is -2.54. The predicted octanol–water partition coefficient (Wildman–Crippen LogP) is 10.5. The monoisotopic (exact) mass is 1130 g/mol. The fourth-order valence-electron chi connectivity index (χ4n) is 11.2. The summed E-state index contributed by atoms with van der Waals surface area (Å²) >= 11 is 3.09. The van der Waals surface area contributed by atoms with E-state index in [1.165, 1.54) is 34.2 Å². The van der Waals surface area contributed by atoms with Gasteiger partial charge in [0.25, 0.3) is 30.4 Å². The molecule has 2 aliphatic carbocycles. The maximum Gasteiger partial charge on any atom is 0.294 e. The molecule has 8 rings (SSSR count). The zero-order valence-corrected chi connectivity index (χ0v) is 46.7. The van der Waals surface area contributed by atoms with Crippen molar-refractivity contribution in [1.82, 2.24) is 24.7 Å². The number of nitrogens with zero attached hydrogens (tertiary/aromatic N) is 9. The maximum absolute atomic E-state index is 13.2. The van der Waals surface area contributed by atoms with E-state index in [-0.39, 0.29) is 50.6 Å². The van der Waals surface area contributed by atoms with Crippen molar-refractivity contribution < 1.29 is 53.5 Å². The van der Waals surface area contributed by atoms with Crippen LogP contribution in [0, 0.1) is 53.8 Å². The minimum Gasteiger partial charge on any atom is -0.365 e. The third kappa shape index (κ3) is 10.9. The van der Waals surface area contributed by atoms with Crippen molar-refractivity contribution in [2.75, 3.05) is 10.2 Å². The SMILES string of the molecule is Cc1cc(N(c2nc3ccc(S(=O)(=O)O)cc3s2)C2C(C)CC(C)C(S(=O)(=O)O)C2C)nc(NC2C(C)CC(C)C(S(=O)(=O)O)C2C)c1N=Nc1c(C#N)c(C(C)(C)C)nn1-c1nc2ccc(SOOO)cc2s1. The molecule has 2 saturated carbocycles. The molecule has 2 aliphatic rings. The zero-order valence-electron chi connectivity index (χ0n) is 41.8. The molecule has 10 atom stereocenters. The molecule has 4 heterocycles. The van der Waals surface area contributed by atoms with Crippen molar-refractivity contribution in [2.24, 2.45) is 45.7 Å². The highest BCUT2D eigenvalue weighted by Gasteiger charge is 2.49. The summed E-state index contributed by atoms with van der Waals surface area (Å²) in [4.78, 5) is 16.9. The molecule has 2 aromatic carbocycles. The van der Waals surface area contributed by atoms with Crippen molar-refractivity contribution in [2.45, 2.75) is 120 Å². The molecule has 5 N–H and O–H groups in total. The van der Waals surface area contributed by atoms with Crippen molar-refractivity contribution in [1.29, 1.82) is 5.26 Å². The van der Waals surface area contributed by atoms with Gasteiger partial charge in [0.2, 0.25) is 5.13 Å². The van der Waals surface area contributed by atoms with E-state index in [4.69, 9.17) is 35.5 Å². The minimum atomic E-state index is -4.61. The average molecular weight is 1130 g/mol. The summed E-state index contributed by atoms with van der Waals surface area (Å²) in [5.74, 6) is -2.39. The van der Waals surface area contributed by atoms with E-state index in [0.717, 1.165) is 23.4 Å². The first-order chi connectivity index (χ1) is 34.5. The van der Waals surface area contributed by atoms with Gasteiger partial charge in [-0.2, -0.15) is 40.3 Å². The van der Waals surface area contributed by atoms with Gasteiger partial charge in [-0.25, -0.2) is 20.2 Å². The number of pyridine rings is 1. The van der Waals surface area contributed by atoms with Gasteiger partial charge in [-0.1, -0.05) is 90.0 Å². The summed E-state index contributed by atoms with van der Waals surface area (Å²) in [6.45, 7) is 18.3. The lowest BCUT2D eigenvalue weighted by molar-refractivity contribution is -0.432. The van der Waals surface area contributed by atoms with Crippen LogP contribution in [0.5, 0.6) is 0 Å². The van der Waals surface area contributed by atoms with E-state index in [9.17, 15) is 44.2 Å². The smallest absolute Gasteiger partial charge is 0.294 e. The Kier molecular flexibility index (Phi) is 15.5. The molecular formula is C46H56N10O12S6. The second-order valence-electron chi connectivity index (χ2n) is 20.6. The number of benzene rings is 2. The van der Waals surface area contributed by atoms with Crippen LogP contribution in [0.2, 0.25) is 0 Å². The third-order valence-corrected chi connectivity index (χ3v) is 20.7. The van der Waals surface area contributed by atoms with Gasteiger partial charge < -0.3 is 5.32 Å². The standard InChI is InChI=1S/C46H56N10O12S6/c1-21-15-24(4)39(73(61,62)63)26(6)36(21)51-42-37(52-53-43-30(20-47)41(46(8,9)10)54-56(43)45-49-31-13-11-28(71-68-67-57)18-33(31)70-45)22(2)17-35(50-42)55(38-23(3)16-25(5)40(27(38)7)74(64,65)66)44-48-32-14-12-29(72(58,59)60)19-34(32)69-44/h11-14,17-19,21,23-27,36,38-40,57H,15-16H2,1-10H3,(H,50,51)(H,58,59,60)(H,61,62,63)(H,64,65,66). The zero-order chi connectivity index (χ0) is 54.1. The number of hydrogen-bond donors (Lipinski definition) is 5. The molecule has 0 radical (unpaired) electrons. The maximum atomic E-state index is 13.2. The summed E-state index contributed by atoms with van der Waals surface area (Å²) in [7, 11) is -13.8. The Hall–Kier alpha value is -4.77. The highest BCUT2D eigenvalue weighted by Crippen LogP contribution is 2.48. The van der Waals surface area contributed by atoms with Crippen LogP contribution >= 0.6 is 34.7 Å². The molecule has 4 aromatic heterocycles. The Morgan fingerprint density at radius 1 is 0.824 bits per heavy atom. The average Bonchev–Trinajstić information content (AvgIpc) is 4.01. The second-order valence-corrected chi connectivity index (χ2v) is 27.9. The van der Waals surface area contributed by atoms with Gasteiger partial charge in [0, 0.05) is 22.4 Å². The van der Waals surface area contributed by atoms with E-state index < -0.39 is 82.0 Å². The van der Waals surface area contributed by atoms with E-state index >= 15 is 0 Å². The fourth-order valence-corrected chi connectivity index (χ4v) is 17.1. The van der Waals surface area contributed by atoms with Crippen LogP contribution in [0.15, 0.2) is 62.5 Å². The third-order valence-electron chi connectivity index (χ3n) is 14.1. The van der Waals surface area contributed by atoms with Crippen molar-refractivity contribution in [3.63, 3.8) is 0 Å². The minimum absolute atomic E-state index is 0.0350. The molecule has 28 heteroatoms. The quantitative estimate of drug-likeness (QED) is 0.0222. The molecule has 0 aliphatic heterocycles. The molecule has 22 nitrogen and oxygen atoms in total. The largest absolute Gasteiger partial charge is 0.365 e. The first-order valence-corrected chi connectivity index (χ1v) is 30.2. The van der Waals surface area contributed by atoms with Gasteiger partial charge in [-0.15, -0.1) is 14.6 Å². The summed E-state index contributed by atoms with van der Waals surface area (Å²) in [5.41, 5.74) is 1.42. The fraction of sp³-hybridized carbons (Fsp3) is 0.500. The summed E-state index contributed by atoms with van der Waals surface area (Å²) in [5, 5.41) is 39.5. The number of aryl methyl sites for hydroxylation is 1. The van der Waals surface area contributed by atoms with Crippen LogP contribution in [0.1, 0.15) is 92.0 Å². The molecule has 74 heavy (non-hydrogen) atoms. The summed E-state index contributed by atoms with van der Waals surface area (Å²) in [6, 6.07) is 11.8. The molecule has 0 bridgehead atoms. The topological polar surface area (TPSA) is 322 Å². The van der Waals surface area contributed by atoms with Gasteiger partial charge >= 0.3 is 0 Å². The Morgan fingerprint density at radius 3 is 2.07 bits per heavy atom. The second kappa shape index (κ2) is 20.6. The number of nitrogens with one attached hydrogen (secondary N) is 1. The van der Waals surface area contributed by atoms with E-state index in [0.29, 0.717) is 54.6 Å². The van der Waals surface area contributed by atoms with E-state index in [1.807, 2.05) is 34.6 Å². The number of aromatic nitrogens is 5. The molecule has 2 fully saturated rings. The highest BCUT2D eigenvalue weighted by molar-refractivity contribution is 7.94. The van der Waals surface area contributed by atoms with Crippen LogP contribution in [0.3, 0.4) is 0 Å². The van der Waals surface area contributed by atoms with E-state index in [1.54, 1.807) is 63.8 Å². The van der Waals surface area contributed by atoms with Crippen LogP contribution in [-0.2, 0) is 45.1 Å². The lowest BCUT2D eigenvalue weighted by Gasteiger charge is -2.47. The number of azo groups is 1. The molecule has 0 saturated heterocycles. The van der Waals surface area contributed by atoms with Crippen molar-refractivity contribution in [3.05, 3.63) is 59.3 Å². The van der Waals surface area contributed by atoms with Gasteiger partial charge in [-0.05, 0) is 103 Å². The van der Waals surface area contributed by atoms with Crippen molar-refractivity contribution in [3.8, 4) is 11.2 Å². The van der Waals surface area contributed by atoms with Gasteiger partial charge in [0.15, 0.2) is 16.8 Å². The van der Waals surface area contributed by atoms with E-state index in [2.05, 4.69) is 20.8 Å². The molecule has 0 spiro atoms. The lowest BCUT2D eigenvalue weighted by atomic mass is 9.72. The Balaban J connectivity index is 1.36. The van der Waals surface area contributed by atoms with Crippen LogP contribution in [0.4, 0.5) is 28.3 Å². The molecule has 398 valence electrons. The molecule has 0 amide bonds.